The molecule has 0 saturated carbocycles. The third kappa shape index (κ3) is 3.19. The number of aliphatic carboxylic acids is 1. The number of hydrogen-bond donors (Lipinski definition) is 2. The van der Waals surface area contributed by atoms with Gasteiger partial charge in [0.1, 0.15) is 11.3 Å². The van der Waals surface area contributed by atoms with Crippen LogP contribution in [0, 0.1) is 6.92 Å². The molecule has 122 valence electrons. The Morgan fingerprint density at radius 3 is 2.78 bits per heavy atom. The van der Waals surface area contributed by atoms with Crippen molar-refractivity contribution in [3.63, 3.8) is 0 Å². The maximum atomic E-state index is 12.6. The molecule has 1 aliphatic heterocycles. The summed E-state index contributed by atoms with van der Waals surface area (Å²) >= 11 is 0. The number of nitrogens with one attached hydrogen (secondary N) is 1. The van der Waals surface area contributed by atoms with Gasteiger partial charge >= 0.3 is 5.97 Å². The highest BCUT2D eigenvalue weighted by Gasteiger charge is 2.37. The highest BCUT2D eigenvalue weighted by Crippen LogP contribution is 2.25. The van der Waals surface area contributed by atoms with Crippen LogP contribution in [0.5, 0.6) is 0 Å². The number of pyridine rings is 1. The van der Waals surface area contributed by atoms with Crippen LogP contribution in [0.3, 0.4) is 0 Å². The lowest BCUT2D eigenvalue weighted by Gasteiger charge is -2.36. The highest BCUT2D eigenvalue weighted by atomic mass is 16.5. The summed E-state index contributed by atoms with van der Waals surface area (Å²) in [7, 11) is 0. The van der Waals surface area contributed by atoms with E-state index in [-0.39, 0.29) is 18.0 Å². The number of amides is 1. The van der Waals surface area contributed by atoms with E-state index in [1.54, 1.807) is 6.20 Å². The van der Waals surface area contributed by atoms with Crippen molar-refractivity contribution < 1.29 is 19.4 Å². The van der Waals surface area contributed by atoms with Gasteiger partial charge in [-0.2, -0.15) is 0 Å². The normalized spacial score (nSPS) is 17.1. The molecule has 1 saturated heterocycles. The SMILES string of the molecule is Cc1cccc2nc(C(=O)NC3(CC(=O)O)CCOCC3)cn12. The number of ether oxygens (including phenoxy) is 1. The summed E-state index contributed by atoms with van der Waals surface area (Å²) in [5.74, 6) is -1.28. The number of carboxylic acids is 1. The fourth-order valence-electron chi connectivity index (χ4n) is 2.96. The first-order chi connectivity index (χ1) is 11.0. The minimum absolute atomic E-state index is 0.117. The Bertz CT molecular complexity index is 747. The van der Waals surface area contributed by atoms with Gasteiger partial charge in [-0.1, -0.05) is 6.07 Å². The third-order valence-electron chi connectivity index (χ3n) is 4.25. The molecule has 7 nitrogen and oxygen atoms in total. The monoisotopic (exact) mass is 317 g/mol. The van der Waals surface area contributed by atoms with Crippen LogP contribution in [0.25, 0.3) is 5.65 Å². The van der Waals surface area contributed by atoms with E-state index < -0.39 is 11.5 Å². The number of rotatable bonds is 4. The number of aromatic nitrogens is 2. The summed E-state index contributed by atoms with van der Waals surface area (Å²) in [4.78, 5) is 28.0. The molecule has 3 rings (SSSR count). The zero-order chi connectivity index (χ0) is 16.4. The van der Waals surface area contributed by atoms with E-state index in [9.17, 15) is 9.59 Å². The predicted octanol–water partition coefficient (Wildman–Crippen LogP) is 1.40. The smallest absolute Gasteiger partial charge is 0.305 e. The fourth-order valence-corrected chi connectivity index (χ4v) is 2.96. The Morgan fingerprint density at radius 2 is 2.13 bits per heavy atom. The van der Waals surface area contributed by atoms with Crippen LogP contribution in [0.4, 0.5) is 0 Å². The molecule has 0 radical (unpaired) electrons. The minimum Gasteiger partial charge on any atom is -0.481 e. The Morgan fingerprint density at radius 1 is 1.39 bits per heavy atom. The molecule has 2 aromatic heterocycles. The van der Waals surface area contributed by atoms with Crippen LogP contribution in [0.15, 0.2) is 24.4 Å². The first kappa shape index (κ1) is 15.5. The van der Waals surface area contributed by atoms with E-state index in [0.717, 1.165) is 5.69 Å². The molecule has 0 bridgehead atoms. The number of aryl methyl sites for hydroxylation is 1. The topological polar surface area (TPSA) is 92.9 Å². The van der Waals surface area contributed by atoms with E-state index in [1.165, 1.54) is 0 Å². The van der Waals surface area contributed by atoms with Gasteiger partial charge in [0.05, 0.1) is 12.0 Å². The largest absolute Gasteiger partial charge is 0.481 e. The quantitative estimate of drug-likeness (QED) is 0.889. The summed E-state index contributed by atoms with van der Waals surface area (Å²) in [5, 5.41) is 12.0. The molecule has 23 heavy (non-hydrogen) atoms. The number of nitrogens with zero attached hydrogens (tertiary/aromatic N) is 2. The van der Waals surface area contributed by atoms with Crippen LogP contribution >= 0.6 is 0 Å². The molecular formula is C16H19N3O4. The molecule has 0 atom stereocenters. The molecular weight excluding hydrogens is 298 g/mol. The van der Waals surface area contributed by atoms with Crippen molar-refractivity contribution in [3.8, 4) is 0 Å². The van der Waals surface area contributed by atoms with Crippen molar-refractivity contribution in [2.75, 3.05) is 13.2 Å². The maximum Gasteiger partial charge on any atom is 0.305 e. The second-order valence-corrected chi connectivity index (χ2v) is 5.94. The first-order valence-electron chi connectivity index (χ1n) is 7.56. The maximum absolute atomic E-state index is 12.6. The second kappa shape index (κ2) is 6.00. The van der Waals surface area contributed by atoms with Crippen molar-refractivity contribution >= 4 is 17.5 Å². The molecule has 0 aliphatic carbocycles. The van der Waals surface area contributed by atoms with Gasteiger partial charge in [0.2, 0.25) is 0 Å². The molecule has 2 aromatic rings. The molecule has 0 spiro atoms. The minimum atomic E-state index is -0.932. The molecule has 1 amide bonds. The van der Waals surface area contributed by atoms with E-state index in [4.69, 9.17) is 9.84 Å². The van der Waals surface area contributed by atoms with Crippen molar-refractivity contribution in [2.24, 2.45) is 0 Å². The molecule has 2 N–H and O–H groups in total. The summed E-state index contributed by atoms with van der Waals surface area (Å²) in [6.07, 6.45) is 2.52. The van der Waals surface area contributed by atoms with Gasteiger partial charge in [-0.25, -0.2) is 4.98 Å². The van der Waals surface area contributed by atoms with Gasteiger partial charge in [-0.3, -0.25) is 9.59 Å². The number of carbonyl (C=O) groups excluding carboxylic acids is 1. The Hall–Kier alpha value is -2.41. The molecule has 3 heterocycles. The van der Waals surface area contributed by atoms with Crippen LogP contribution in [0.1, 0.15) is 35.4 Å². The van der Waals surface area contributed by atoms with Crippen LogP contribution in [-0.2, 0) is 9.53 Å². The Kier molecular flexibility index (Phi) is 4.04. The standard InChI is InChI=1S/C16H19N3O4/c1-11-3-2-4-13-17-12(10-19(11)13)15(22)18-16(9-14(20)21)5-7-23-8-6-16/h2-4,10H,5-9H2,1H3,(H,18,22)(H,20,21). The van der Waals surface area contributed by atoms with Gasteiger partial charge in [0.25, 0.3) is 5.91 Å². The summed E-state index contributed by atoms with van der Waals surface area (Å²) in [5.41, 5.74) is 1.18. The fraction of sp³-hybridized carbons (Fsp3) is 0.438. The van der Waals surface area contributed by atoms with E-state index >= 15 is 0 Å². The van der Waals surface area contributed by atoms with Gasteiger partial charge in [0.15, 0.2) is 0 Å². The lowest BCUT2D eigenvalue weighted by Crippen LogP contribution is -2.53. The number of imidazole rings is 1. The number of hydrogen-bond acceptors (Lipinski definition) is 4. The number of carboxylic acid groups (broad SMARTS) is 1. The third-order valence-corrected chi connectivity index (χ3v) is 4.25. The molecule has 0 unspecified atom stereocenters. The van der Waals surface area contributed by atoms with E-state index in [1.807, 2.05) is 29.5 Å². The molecule has 7 heteroatoms. The van der Waals surface area contributed by atoms with Gasteiger partial charge in [0, 0.05) is 25.1 Å². The zero-order valence-corrected chi connectivity index (χ0v) is 12.9. The summed E-state index contributed by atoms with van der Waals surface area (Å²) < 4.78 is 7.13. The zero-order valence-electron chi connectivity index (χ0n) is 12.9. The Balaban J connectivity index is 1.85. The first-order valence-corrected chi connectivity index (χ1v) is 7.56. The predicted molar refractivity (Wildman–Crippen MR) is 82.4 cm³/mol. The second-order valence-electron chi connectivity index (χ2n) is 5.94. The van der Waals surface area contributed by atoms with Crippen molar-refractivity contribution in [2.45, 2.75) is 31.7 Å². The van der Waals surface area contributed by atoms with Gasteiger partial charge in [-0.05, 0) is 31.9 Å². The Labute approximate surface area is 133 Å². The highest BCUT2D eigenvalue weighted by molar-refractivity contribution is 5.93. The summed E-state index contributed by atoms with van der Waals surface area (Å²) in [6.45, 7) is 2.82. The lowest BCUT2D eigenvalue weighted by molar-refractivity contribution is -0.139. The average molecular weight is 317 g/mol. The van der Waals surface area contributed by atoms with Crippen molar-refractivity contribution in [1.82, 2.24) is 14.7 Å². The molecule has 1 fully saturated rings. The van der Waals surface area contributed by atoms with Crippen LogP contribution in [-0.4, -0.2) is 45.1 Å². The molecule has 1 aliphatic rings. The van der Waals surface area contributed by atoms with Crippen LogP contribution < -0.4 is 5.32 Å². The van der Waals surface area contributed by atoms with Crippen LogP contribution in [0.2, 0.25) is 0 Å². The number of carbonyl (C=O) groups is 2. The van der Waals surface area contributed by atoms with Gasteiger partial charge in [-0.15, -0.1) is 0 Å². The number of fused-ring (bicyclic) bond motifs is 1. The van der Waals surface area contributed by atoms with Gasteiger partial charge < -0.3 is 19.6 Å². The summed E-state index contributed by atoms with van der Waals surface area (Å²) in [6, 6.07) is 5.63. The van der Waals surface area contributed by atoms with E-state index in [2.05, 4.69) is 10.3 Å². The van der Waals surface area contributed by atoms with E-state index in [0.29, 0.717) is 31.7 Å². The lowest BCUT2D eigenvalue weighted by atomic mass is 9.86. The van der Waals surface area contributed by atoms with Crippen molar-refractivity contribution in [1.29, 1.82) is 0 Å². The average Bonchev–Trinajstić information content (AvgIpc) is 2.93. The molecule has 0 aromatic carbocycles. The van der Waals surface area contributed by atoms with Crippen molar-refractivity contribution in [3.05, 3.63) is 35.8 Å².